The monoisotopic (exact) mass is 546 g/mol. The molecule has 0 amide bonds. The summed E-state index contributed by atoms with van der Waals surface area (Å²) in [6, 6.07) is 3.90. The number of rotatable bonds is 11. The molecule has 0 saturated heterocycles. The first-order chi connectivity index (χ1) is 18.6. The number of hydrogen-bond donors (Lipinski definition) is 2. The topological polar surface area (TPSA) is 81.0 Å². The summed E-state index contributed by atoms with van der Waals surface area (Å²) in [5, 5.41) is 6.99. The second-order valence-electron chi connectivity index (χ2n) is 9.21. The Kier molecular flexibility index (Phi) is 12.5. The van der Waals surface area contributed by atoms with Gasteiger partial charge in [-0.25, -0.2) is 9.98 Å². The number of aromatic nitrogens is 2. The number of aliphatic imine (C=N–C) groups is 2. The highest BCUT2D eigenvalue weighted by molar-refractivity contribution is 6.31. The number of nitrogens with one attached hydrogen (secondary N) is 2. The third-order valence-corrected chi connectivity index (χ3v) is 5.63. The molecular weight excluding hydrogens is 508 g/mol. The zero-order valence-electron chi connectivity index (χ0n) is 23.8. The fraction of sp³-hybridized carbons (Fsp3) is 0.267. The molecule has 206 valence electrons. The van der Waals surface area contributed by atoms with Gasteiger partial charge in [-0.15, -0.1) is 0 Å². The molecule has 0 radical (unpaired) electrons. The molecule has 0 spiro atoms. The van der Waals surface area contributed by atoms with Gasteiger partial charge in [0.2, 0.25) is 5.96 Å². The van der Waals surface area contributed by atoms with E-state index in [2.05, 4.69) is 56.2 Å². The molecule has 2 aromatic rings. The lowest BCUT2D eigenvalue weighted by atomic mass is 10.1. The van der Waals surface area contributed by atoms with Gasteiger partial charge in [0.15, 0.2) is 0 Å². The minimum Gasteiger partial charge on any atom is -0.338 e. The molecule has 0 aliphatic rings. The van der Waals surface area contributed by atoms with E-state index in [9.17, 15) is 0 Å². The number of halogens is 1. The van der Waals surface area contributed by atoms with Crippen LogP contribution < -0.4 is 10.6 Å². The van der Waals surface area contributed by atoms with E-state index < -0.39 is 0 Å². The Morgan fingerprint density at radius 2 is 1.77 bits per heavy atom. The molecule has 2 heterocycles. The van der Waals surface area contributed by atoms with E-state index >= 15 is 0 Å². The van der Waals surface area contributed by atoms with Crippen LogP contribution >= 0.6 is 11.6 Å². The van der Waals surface area contributed by atoms with Gasteiger partial charge in [0.1, 0.15) is 11.5 Å². The predicted molar refractivity (Wildman–Crippen MR) is 167 cm³/mol. The summed E-state index contributed by atoms with van der Waals surface area (Å²) in [6.45, 7) is 16.7. The van der Waals surface area contributed by atoms with Gasteiger partial charge in [0.25, 0.3) is 0 Å². The van der Waals surface area contributed by atoms with Crippen LogP contribution in [0.25, 0.3) is 11.4 Å². The Balaban J connectivity index is 2.59. The van der Waals surface area contributed by atoms with Crippen molar-refractivity contribution in [3.63, 3.8) is 0 Å². The van der Waals surface area contributed by atoms with Crippen LogP contribution in [-0.4, -0.2) is 59.8 Å². The van der Waals surface area contributed by atoms with E-state index in [4.69, 9.17) is 21.6 Å². The van der Waals surface area contributed by atoms with Crippen molar-refractivity contribution in [3.05, 3.63) is 102 Å². The minimum absolute atomic E-state index is 0.311. The minimum atomic E-state index is 0.311. The number of amidine groups is 1. The van der Waals surface area contributed by atoms with Crippen molar-refractivity contribution in [1.82, 2.24) is 25.1 Å². The third-order valence-electron chi connectivity index (χ3n) is 5.25. The van der Waals surface area contributed by atoms with Crippen molar-refractivity contribution in [1.29, 1.82) is 0 Å². The molecule has 2 rings (SSSR count). The average molecular weight is 547 g/mol. The maximum Gasteiger partial charge on any atom is 0.229 e. The smallest absolute Gasteiger partial charge is 0.229 e. The first-order valence-electron chi connectivity index (χ1n) is 12.5. The SMILES string of the molecule is C=C/C=C(\C=C/C)NC(=N/C=C)/N=C(\C=C)Nc1cc(Cl)c(C)nc1-c1cc(CN(C)C)c(CN(C)C)cn1. The number of anilines is 1. The number of pyridine rings is 2. The molecule has 0 saturated carbocycles. The zero-order valence-corrected chi connectivity index (χ0v) is 24.5. The normalized spacial score (nSPS) is 12.8. The molecule has 0 aromatic carbocycles. The van der Waals surface area contributed by atoms with E-state index in [-0.39, 0.29) is 0 Å². The van der Waals surface area contributed by atoms with Gasteiger partial charge in [-0.1, -0.05) is 43.5 Å². The maximum absolute atomic E-state index is 6.50. The first kappa shape index (κ1) is 31.4. The number of aryl methyl sites for hydroxylation is 1. The van der Waals surface area contributed by atoms with Gasteiger partial charge in [0, 0.05) is 31.2 Å². The summed E-state index contributed by atoms with van der Waals surface area (Å²) < 4.78 is 0. The van der Waals surface area contributed by atoms with E-state index in [1.165, 1.54) is 11.8 Å². The number of allylic oxidation sites excluding steroid dienone is 4. The van der Waals surface area contributed by atoms with E-state index in [1.54, 1.807) is 12.2 Å². The fourth-order valence-electron chi connectivity index (χ4n) is 3.62. The molecule has 0 aliphatic carbocycles. The van der Waals surface area contributed by atoms with Crippen molar-refractivity contribution in [3.8, 4) is 11.4 Å². The van der Waals surface area contributed by atoms with Crippen LogP contribution in [0.1, 0.15) is 23.7 Å². The summed E-state index contributed by atoms with van der Waals surface area (Å²) >= 11 is 6.50. The van der Waals surface area contributed by atoms with Crippen molar-refractivity contribution in [2.24, 2.45) is 9.98 Å². The molecule has 2 aromatic heterocycles. The van der Waals surface area contributed by atoms with Crippen molar-refractivity contribution in [2.75, 3.05) is 33.5 Å². The molecular formula is C30H39ClN8. The van der Waals surface area contributed by atoms with Gasteiger partial charge in [-0.3, -0.25) is 4.98 Å². The van der Waals surface area contributed by atoms with Gasteiger partial charge < -0.3 is 20.4 Å². The molecule has 0 unspecified atom stereocenters. The summed E-state index contributed by atoms with van der Waals surface area (Å²) in [5.41, 5.74) is 5.81. The van der Waals surface area contributed by atoms with Gasteiger partial charge in [0.05, 0.1) is 22.1 Å². The number of nitrogens with zero attached hydrogens (tertiary/aromatic N) is 6. The molecule has 9 heteroatoms. The van der Waals surface area contributed by atoms with Gasteiger partial charge in [-0.05, 0) is 83.5 Å². The van der Waals surface area contributed by atoms with Crippen LogP contribution in [0.5, 0.6) is 0 Å². The highest BCUT2D eigenvalue weighted by atomic mass is 35.5. The lowest BCUT2D eigenvalue weighted by Crippen LogP contribution is -2.23. The summed E-state index contributed by atoms with van der Waals surface area (Å²) in [6.07, 6.45) is 12.2. The highest BCUT2D eigenvalue weighted by Crippen LogP contribution is 2.31. The zero-order chi connectivity index (χ0) is 28.9. The lowest BCUT2D eigenvalue weighted by Gasteiger charge is -2.19. The van der Waals surface area contributed by atoms with Crippen molar-refractivity contribution < 1.29 is 0 Å². The maximum atomic E-state index is 6.50. The van der Waals surface area contributed by atoms with Crippen LogP contribution in [0.15, 0.2) is 90.3 Å². The quantitative estimate of drug-likeness (QED) is 0.206. The molecule has 0 bridgehead atoms. The summed E-state index contributed by atoms with van der Waals surface area (Å²) in [4.78, 5) is 22.7. The number of guanidine groups is 1. The standard InChI is InChI=1S/C30H39ClN8/c1-10-14-24(15-11-2)35-30(32-13-4)37-28(12-3)36-27-17-25(31)21(5)34-29(27)26-16-22(19-38(6)7)23(18-33-26)20-39(8)9/h10-18H,1,3-4,19-20H2,2,5-9H3,(H2,32,35,36,37)/b15-11-,24-14+. The molecule has 39 heavy (non-hydrogen) atoms. The first-order valence-corrected chi connectivity index (χ1v) is 12.8. The molecule has 0 fully saturated rings. The highest BCUT2D eigenvalue weighted by Gasteiger charge is 2.16. The molecule has 2 N–H and O–H groups in total. The number of hydrogen-bond acceptors (Lipinski definition) is 5. The third kappa shape index (κ3) is 9.76. The van der Waals surface area contributed by atoms with Crippen LogP contribution in [0.3, 0.4) is 0 Å². The lowest BCUT2D eigenvalue weighted by molar-refractivity contribution is 0.380. The Morgan fingerprint density at radius 3 is 2.36 bits per heavy atom. The summed E-state index contributed by atoms with van der Waals surface area (Å²) in [5.74, 6) is 0.744. The van der Waals surface area contributed by atoms with E-state index in [0.29, 0.717) is 33.9 Å². The van der Waals surface area contributed by atoms with E-state index in [0.717, 1.165) is 30.0 Å². The summed E-state index contributed by atoms with van der Waals surface area (Å²) in [7, 11) is 8.19. The molecule has 0 atom stereocenters. The largest absolute Gasteiger partial charge is 0.338 e. The Hall–Kier alpha value is -3.85. The Labute approximate surface area is 237 Å². The van der Waals surface area contributed by atoms with Crippen LogP contribution in [0.2, 0.25) is 5.02 Å². The van der Waals surface area contributed by atoms with Crippen molar-refractivity contribution >= 4 is 29.1 Å². The Morgan fingerprint density at radius 1 is 1.08 bits per heavy atom. The second-order valence-corrected chi connectivity index (χ2v) is 9.62. The van der Waals surface area contributed by atoms with Gasteiger partial charge in [-0.2, -0.15) is 4.99 Å². The second kappa shape index (κ2) is 15.5. The van der Waals surface area contributed by atoms with E-state index in [1.807, 2.05) is 72.5 Å². The molecule has 8 nitrogen and oxygen atoms in total. The van der Waals surface area contributed by atoms with Crippen LogP contribution in [-0.2, 0) is 13.1 Å². The average Bonchev–Trinajstić information content (AvgIpc) is 2.86. The van der Waals surface area contributed by atoms with Crippen LogP contribution in [0.4, 0.5) is 5.69 Å². The molecule has 0 aliphatic heterocycles. The van der Waals surface area contributed by atoms with Crippen LogP contribution in [0, 0.1) is 6.92 Å². The van der Waals surface area contributed by atoms with Crippen molar-refractivity contribution in [2.45, 2.75) is 26.9 Å². The fourth-order valence-corrected chi connectivity index (χ4v) is 3.78. The van der Waals surface area contributed by atoms with Gasteiger partial charge >= 0.3 is 0 Å². The Bertz CT molecular complexity index is 1300. The predicted octanol–water partition coefficient (Wildman–Crippen LogP) is 5.96.